The van der Waals surface area contributed by atoms with E-state index in [1.54, 1.807) is 18.2 Å². The molecule has 0 radical (unpaired) electrons. The Kier molecular flexibility index (Phi) is 4.67. The van der Waals surface area contributed by atoms with Crippen LogP contribution >= 0.6 is 0 Å². The fourth-order valence-electron chi connectivity index (χ4n) is 3.31. The molecule has 1 aliphatic heterocycles. The number of nitrogens with zero attached hydrogens (tertiary/aromatic N) is 3. The van der Waals surface area contributed by atoms with Crippen LogP contribution in [0.1, 0.15) is 17.7 Å². The monoisotopic (exact) mass is 345 g/mol. The molecule has 2 aromatic rings. The van der Waals surface area contributed by atoms with Gasteiger partial charge in [0, 0.05) is 24.8 Å². The molecule has 1 aliphatic rings. The Bertz CT molecular complexity index is 768. The van der Waals surface area contributed by atoms with Crippen molar-refractivity contribution in [1.82, 2.24) is 9.97 Å². The highest BCUT2D eigenvalue weighted by atomic mass is 19.1. The van der Waals surface area contributed by atoms with Gasteiger partial charge in [-0.3, -0.25) is 4.79 Å². The maximum Gasteiger partial charge on any atom is 0.314 e. The Balaban J connectivity index is 1.92. The zero-order valence-corrected chi connectivity index (χ0v) is 13.9. The van der Waals surface area contributed by atoms with E-state index in [1.165, 1.54) is 18.5 Å². The van der Waals surface area contributed by atoms with E-state index in [9.17, 15) is 19.4 Å². The van der Waals surface area contributed by atoms with Gasteiger partial charge in [0.1, 0.15) is 23.4 Å². The van der Waals surface area contributed by atoms with Crippen molar-refractivity contribution in [3.63, 3.8) is 0 Å². The third-order valence-electron chi connectivity index (χ3n) is 4.76. The van der Waals surface area contributed by atoms with Crippen LogP contribution in [-0.2, 0) is 11.2 Å². The molecule has 0 bridgehead atoms. The number of hydrogen-bond donors (Lipinski definition) is 2. The van der Waals surface area contributed by atoms with Crippen molar-refractivity contribution in [3.05, 3.63) is 53.7 Å². The fraction of sp³-hybridized carbons (Fsp3) is 0.389. The van der Waals surface area contributed by atoms with E-state index < -0.39 is 17.5 Å². The van der Waals surface area contributed by atoms with Gasteiger partial charge in [-0.25, -0.2) is 14.4 Å². The van der Waals surface area contributed by atoms with Gasteiger partial charge in [0.05, 0.1) is 6.10 Å². The van der Waals surface area contributed by atoms with Crippen LogP contribution in [0.25, 0.3) is 0 Å². The van der Waals surface area contributed by atoms with Crippen LogP contribution in [0.4, 0.5) is 10.2 Å². The summed E-state index contributed by atoms with van der Waals surface area (Å²) < 4.78 is 13.1. The standard InChI is InChI=1S/C18H20FN3O3/c1-12-8-16(21-11-20-12)22-7-6-15(23)18(10-22,17(24)25)9-13-2-4-14(19)5-3-13/h2-5,8,11,15,23H,6-7,9-10H2,1H3,(H,24,25)/t15-,18-/m1/s1. The second-order valence-corrected chi connectivity index (χ2v) is 6.51. The van der Waals surface area contributed by atoms with Crippen molar-refractivity contribution in [3.8, 4) is 0 Å². The zero-order chi connectivity index (χ0) is 18.0. The molecule has 0 spiro atoms. The van der Waals surface area contributed by atoms with E-state index >= 15 is 0 Å². The summed E-state index contributed by atoms with van der Waals surface area (Å²) >= 11 is 0. The number of aliphatic hydroxyl groups is 1. The summed E-state index contributed by atoms with van der Waals surface area (Å²) in [4.78, 5) is 22.2. The molecule has 7 heteroatoms. The highest BCUT2D eigenvalue weighted by Crippen LogP contribution is 2.36. The average Bonchev–Trinajstić information content (AvgIpc) is 2.58. The number of aliphatic hydroxyl groups excluding tert-OH is 1. The summed E-state index contributed by atoms with van der Waals surface area (Å²) in [7, 11) is 0. The van der Waals surface area contributed by atoms with E-state index in [2.05, 4.69) is 9.97 Å². The van der Waals surface area contributed by atoms with Gasteiger partial charge in [-0.05, 0) is 37.5 Å². The maximum absolute atomic E-state index is 13.1. The summed E-state index contributed by atoms with van der Waals surface area (Å²) in [5.74, 6) is -0.806. The van der Waals surface area contributed by atoms with Crippen molar-refractivity contribution in [1.29, 1.82) is 0 Å². The molecule has 2 N–H and O–H groups in total. The van der Waals surface area contributed by atoms with Gasteiger partial charge in [-0.1, -0.05) is 12.1 Å². The minimum atomic E-state index is -1.38. The maximum atomic E-state index is 13.1. The number of carboxylic acids is 1. The Hall–Kier alpha value is -2.54. The number of aromatic nitrogens is 2. The lowest BCUT2D eigenvalue weighted by Gasteiger charge is -2.44. The van der Waals surface area contributed by atoms with Crippen LogP contribution in [0, 0.1) is 18.2 Å². The SMILES string of the molecule is Cc1cc(N2CC[C@@H](O)[C@](Cc3ccc(F)cc3)(C(=O)O)C2)ncn1. The molecule has 0 aliphatic carbocycles. The minimum Gasteiger partial charge on any atom is -0.481 e. The molecule has 0 amide bonds. The molecule has 1 fully saturated rings. The normalized spacial score (nSPS) is 23.5. The summed E-state index contributed by atoms with van der Waals surface area (Å²) in [6.45, 7) is 2.47. The van der Waals surface area contributed by atoms with Crippen molar-refractivity contribution in [2.75, 3.05) is 18.0 Å². The second kappa shape index (κ2) is 6.76. The first kappa shape index (κ1) is 17.3. The number of anilines is 1. The molecule has 2 atom stereocenters. The number of aryl methyl sites for hydroxylation is 1. The quantitative estimate of drug-likeness (QED) is 0.879. The van der Waals surface area contributed by atoms with E-state index in [-0.39, 0.29) is 18.8 Å². The number of benzene rings is 1. The molecule has 25 heavy (non-hydrogen) atoms. The molecular formula is C18H20FN3O3. The Morgan fingerprint density at radius 2 is 2.08 bits per heavy atom. The summed E-state index contributed by atoms with van der Waals surface area (Å²) in [5, 5.41) is 20.4. The fourth-order valence-corrected chi connectivity index (χ4v) is 3.31. The van der Waals surface area contributed by atoms with Crippen molar-refractivity contribution < 1.29 is 19.4 Å². The van der Waals surface area contributed by atoms with Gasteiger partial charge in [0.2, 0.25) is 0 Å². The predicted molar refractivity (Wildman–Crippen MR) is 89.8 cm³/mol. The summed E-state index contributed by atoms with van der Waals surface area (Å²) in [6, 6.07) is 7.50. The molecular weight excluding hydrogens is 325 g/mol. The van der Waals surface area contributed by atoms with Gasteiger partial charge in [0.25, 0.3) is 0 Å². The average molecular weight is 345 g/mol. The largest absolute Gasteiger partial charge is 0.481 e. The van der Waals surface area contributed by atoms with E-state index in [1.807, 2.05) is 11.8 Å². The minimum absolute atomic E-state index is 0.115. The first-order valence-electron chi connectivity index (χ1n) is 8.10. The predicted octanol–water partition coefficient (Wildman–Crippen LogP) is 1.81. The lowest BCUT2D eigenvalue weighted by molar-refractivity contribution is -0.157. The van der Waals surface area contributed by atoms with Gasteiger partial charge in [0.15, 0.2) is 0 Å². The number of piperidine rings is 1. The number of aliphatic carboxylic acids is 1. The molecule has 132 valence electrons. The summed E-state index contributed by atoms with van der Waals surface area (Å²) in [6.07, 6.45) is 0.883. The molecule has 6 nitrogen and oxygen atoms in total. The van der Waals surface area contributed by atoms with Crippen LogP contribution in [0.15, 0.2) is 36.7 Å². The first-order valence-corrected chi connectivity index (χ1v) is 8.10. The van der Waals surface area contributed by atoms with Crippen molar-refractivity contribution >= 4 is 11.8 Å². The number of carbonyl (C=O) groups is 1. The Morgan fingerprint density at radius 1 is 1.36 bits per heavy atom. The molecule has 2 heterocycles. The highest BCUT2D eigenvalue weighted by Gasteiger charge is 2.49. The third kappa shape index (κ3) is 3.46. The van der Waals surface area contributed by atoms with Crippen LogP contribution < -0.4 is 4.90 Å². The topological polar surface area (TPSA) is 86.5 Å². The van der Waals surface area contributed by atoms with E-state index in [4.69, 9.17) is 0 Å². The summed E-state index contributed by atoms with van der Waals surface area (Å²) in [5.41, 5.74) is 0.0775. The Labute approximate surface area is 145 Å². The first-order chi connectivity index (χ1) is 11.9. The van der Waals surface area contributed by atoms with Crippen molar-refractivity contribution in [2.45, 2.75) is 25.9 Å². The number of hydrogen-bond acceptors (Lipinski definition) is 5. The molecule has 1 aromatic heterocycles. The lowest BCUT2D eigenvalue weighted by atomic mass is 9.73. The molecule has 0 saturated carbocycles. The van der Waals surface area contributed by atoms with Crippen molar-refractivity contribution in [2.24, 2.45) is 5.41 Å². The molecule has 0 unspecified atom stereocenters. The van der Waals surface area contributed by atoms with E-state index in [0.29, 0.717) is 24.3 Å². The lowest BCUT2D eigenvalue weighted by Crippen LogP contribution is -2.57. The second-order valence-electron chi connectivity index (χ2n) is 6.51. The smallest absolute Gasteiger partial charge is 0.314 e. The molecule has 1 aromatic carbocycles. The van der Waals surface area contributed by atoms with Crippen LogP contribution in [0.3, 0.4) is 0 Å². The van der Waals surface area contributed by atoms with Gasteiger partial charge in [-0.2, -0.15) is 0 Å². The van der Waals surface area contributed by atoms with E-state index in [0.717, 1.165) is 5.69 Å². The Morgan fingerprint density at radius 3 is 2.72 bits per heavy atom. The molecule has 3 rings (SSSR count). The number of halogens is 1. The van der Waals surface area contributed by atoms with Crippen LogP contribution in [0.5, 0.6) is 0 Å². The molecule has 1 saturated heterocycles. The zero-order valence-electron chi connectivity index (χ0n) is 13.9. The number of rotatable bonds is 4. The van der Waals surface area contributed by atoms with Gasteiger partial charge >= 0.3 is 5.97 Å². The number of carboxylic acid groups (broad SMARTS) is 1. The van der Waals surface area contributed by atoms with Crippen LogP contribution in [-0.4, -0.2) is 45.3 Å². The van der Waals surface area contributed by atoms with Gasteiger partial charge in [-0.15, -0.1) is 0 Å². The van der Waals surface area contributed by atoms with Crippen LogP contribution in [0.2, 0.25) is 0 Å². The highest BCUT2D eigenvalue weighted by molar-refractivity contribution is 5.77. The third-order valence-corrected chi connectivity index (χ3v) is 4.76. The van der Waals surface area contributed by atoms with Gasteiger partial charge < -0.3 is 15.1 Å².